The van der Waals surface area contributed by atoms with E-state index in [1.165, 1.54) is 24.5 Å². The number of anilines is 1. The van der Waals surface area contributed by atoms with Crippen molar-refractivity contribution in [2.75, 3.05) is 4.90 Å². The van der Waals surface area contributed by atoms with Gasteiger partial charge in [-0.2, -0.15) is 8.42 Å². The summed E-state index contributed by atoms with van der Waals surface area (Å²) in [5.41, 5.74) is 0.237. The van der Waals surface area contributed by atoms with Crippen LogP contribution in [0, 0.1) is 0 Å². The summed E-state index contributed by atoms with van der Waals surface area (Å²) in [5, 5.41) is -1.71. The number of aromatic nitrogens is 1. The number of amides is 2. The van der Waals surface area contributed by atoms with E-state index in [4.69, 9.17) is 4.55 Å². The number of pyridine rings is 1. The Bertz CT molecular complexity index is 568. The van der Waals surface area contributed by atoms with Crippen LogP contribution in [0.5, 0.6) is 0 Å². The smallest absolute Gasteiger partial charge is 0.277 e. The first-order valence-corrected chi connectivity index (χ1v) is 6.14. The van der Waals surface area contributed by atoms with Crippen LogP contribution >= 0.6 is 0 Å². The van der Waals surface area contributed by atoms with E-state index in [9.17, 15) is 18.0 Å². The summed E-state index contributed by atoms with van der Waals surface area (Å²) in [6.07, 6.45) is 2.20. The molecule has 1 N–H and O–H groups in total. The minimum atomic E-state index is -4.55. The Balaban J connectivity index is 2.40. The summed E-state index contributed by atoms with van der Waals surface area (Å²) >= 11 is 0. The Morgan fingerprint density at radius 3 is 2.35 bits per heavy atom. The molecule has 0 spiro atoms. The van der Waals surface area contributed by atoms with Crippen molar-refractivity contribution in [1.82, 2.24) is 4.98 Å². The Morgan fingerprint density at radius 2 is 1.88 bits per heavy atom. The SMILES string of the molecule is O=C1CC(S(=O)(=O)O)C(=O)N1c1ccncc1. The van der Waals surface area contributed by atoms with Crippen LogP contribution < -0.4 is 4.90 Å². The molecular weight excluding hydrogens is 248 g/mol. The number of hydrogen-bond donors (Lipinski definition) is 1. The number of carbonyl (C=O) groups excluding carboxylic acids is 2. The summed E-state index contributed by atoms with van der Waals surface area (Å²) < 4.78 is 30.7. The molecule has 17 heavy (non-hydrogen) atoms. The van der Waals surface area contributed by atoms with E-state index in [1.807, 2.05) is 0 Å². The van der Waals surface area contributed by atoms with E-state index < -0.39 is 33.6 Å². The number of nitrogens with zero attached hydrogens (tertiary/aromatic N) is 2. The number of imide groups is 1. The van der Waals surface area contributed by atoms with Crippen LogP contribution in [0.25, 0.3) is 0 Å². The highest BCUT2D eigenvalue weighted by Crippen LogP contribution is 2.25. The van der Waals surface area contributed by atoms with E-state index in [0.717, 1.165) is 4.90 Å². The lowest BCUT2D eigenvalue weighted by molar-refractivity contribution is -0.121. The molecule has 2 heterocycles. The van der Waals surface area contributed by atoms with Gasteiger partial charge in [-0.05, 0) is 12.1 Å². The predicted octanol–water partition coefficient (Wildman–Crippen LogP) is -0.399. The molecule has 0 bridgehead atoms. The summed E-state index contributed by atoms with van der Waals surface area (Å²) in [5.74, 6) is -1.60. The second-order valence-corrected chi connectivity index (χ2v) is 5.08. The normalized spacial score (nSPS) is 21.0. The van der Waals surface area contributed by atoms with E-state index in [2.05, 4.69) is 4.98 Å². The highest BCUT2D eigenvalue weighted by molar-refractivity contribution is 7.87. The first-order chi connectivity index (χ1) is 7.91. The fourth-order valence-corrected chi connectivity index (χ4v) is 2.31. The second-order valence-electron chi connectivity index (χ2n) is 3.48. The molecule has 0 saturated carbocycles. The minimum absolute atomic E-state index is 0.237. The van der Waals surface area contributed by atoms with Crippen LogP contribution in [-0.2, 0) is 19.7 Å². The minimum Gasteiger partial charge on any atom is -0.285 e. The van der Waals surface area contributed by atoms with Gasteiger partial charge in [0.1, 0.15) is 0 Å². The molecule has 1 aliphatic heterocycles. The van der Waals surface area contributed by atoms with Gasteiger partial charge in [-0.15, -0.1) is 0 Å². The van der Waals surface area contributed by atoms with Gasteiger partial charge in [-0.3, -0.25) is 19.1 Å². The Labute approximate surface area is 96.8 Å². The molecule has 1 aromatic rings. The van der Waals surface area contributed by atoms with Gasteiger partial charge in [-0.1, -0.05) is 0 Å². The van der Waals surface area contributed by atoms with Crippen molar-refractivity contribution in [1.29, 1.82) is 0 Å². The van der Waals surface area contributed by atoms with Gasteiger partial charge in [0.25, 0.3) is 16.0 Å². The zero-order valence-electron chi connectivity index (χ0n) is 8.48. The Hall–Kier alpha value is -1.80. The first kappa shape index (κ1) is 11.7. The van der Waals surface area contributed by atoms with Crippen molar-refractivity contribution in [2.45, 2.75) is 11.7 Å². The van der Waals surface area contributed by atoms with Crippen molar-refractivity contribution in [3.63, 3.8) is 0 Å². The third kappa shape index (κ3) is 2.04. The molecule has 1 saturated heterocycles. The quantitative estimate of drug-likeness (QED) is 0.570. The van der Waals surface area contributed by atoms with Gasteiger partial charge in [0, 0.05) is 12.4 Å². The standard InChI is InChI=1S/C9H8N2O5S/c12-8-5-7(17(14,15)16)9(13)11(8)6-1-3-10-4-2-6/h1-4,7H,5H2,(H,14,15,16). The molecule has 8 heteroatoms. The lowest BCUT2D eigenvalue weighted by atomic mass is 10.3. The largest absolute Gasteiger partial charge is 0.285 e. The summed E-state index contributed by atoms with van der Waals surface area (Å²) in [7, 11) is -4.55. The average Bonchev–Trinajstić information content (AvgIpc) is 2.55. The first-order valence-electron chi connectivity index (χ1n) is 4.64. The van der Waals surface area contributed by atoms with Gasteiger partial charge >= 0.3 is 0 Å². The molecule has 1 aliphatic rings. The molecule has 0 aromatic carbocycles. The monoisotopic (exact) mass is 256 g/mol. The van der Waals surface area contributed by atoms with E-state index >= 15 is 0 Å². The third-order valence-corrected chi connectivity index (χ3v) is 3.47. The van der Waals surface area contributed by atoms with Gasteiger partial charge in [0.15, 0.2) is 5.25 Å². The summed E-state index contributed by atoms with van der Waals surface area (Å²) in [6, 6.07) is 2.81. The molecule has 0 radical (unpaired) electrons. The molecular formula is C9H8N2O5S. The van der Waals surface area contributed by atoms with Crippen LogP contribution in [0.15, 0.2) is 24.5 Å². The second kappa shape index (κ2) is 3.90. The maximum atomic E-state index is 11.7. The highest BCUT2D eigenvalue weighted by atomic mass is 32.2. The fourth-order valence-electron chi connectivity index (χ4n) is 1.60. The number of hydrogen-bond acceptors (Lipinski definition) is 5. The van der Waals surface area contributed by atoms with Crippen molar-refractivity contribution >= 4 is 27.6 Å². The molecule has 1 atom stereocenters. The number of carbonyl (C=O) groups is 2. The lowest BCUT2D eigenvalue weighted by Crippen LogP contribution is -2.34. The molecule has 2 amide bonds. The molecule has 90 valence electrons. The summed E-state index contributed by atoms with van der Waals surface area (Å²) in [6.45, 7) is 0. The molecule has 7 nitrogen and oxygen atoms in total. The maximum Gasteiger partial charge on any atom is 0.277 e. The van der Waals surface area contributed by atoms with E-state index in [-0.39, 0.29) is 5.69 Å². The van der Waals surface area contributed by atoms with E-state index in [0.29, 0.717) is 0 Å². The molecule has 2 rings (SSSR count). The number of rotatable bonds is 2. The average molecular weight is 256 g/mol. The fraction of sp³-hybridized carbons (Fsp3) is 0.222. The van der Waals surface area contributed by atoms with Crippen LogP contribution in [-0.4, -0.2) is 35.0 Å². The van der Waals surface area contributed by atoms with Crippen LogP contribution in [0.3, 0.4) is 0 Å². The van der Waals surface area contributed by atoms with Gasteiger partial charge < -0.3 is 0 Å². The zero-order chi connectivity index (χ0) is 12.6. The molecule has 0 aliphatic carbocycles. The molecule has 1 unspecified atom stereocenters. The van der Waals surface area contributed by atoms with Crippen molar-refractivity contribution in [3.8, 4) is 0 Å². The Kier molecular flexibility index (Phi) is 2.68. The lowest BCUT2D eigenvalue weighted by Gasteiger charge is -2.13. The van der Waals surface area contributed by atoms with Crippen molar-refractivity contribution < 1.29 is 22.6 Å². The van der Waals surface area contributed by atoms with Crippen LogP contribution in [0.4, 0.5) is 5.69 Å². The topological polar surface area (TPSA) is 105 Å². The van der Waals surface area contributed by atoms with Gasteiger partial charge in [0.2, 0.25) is 5.91 Å². The zero-order valence-corrected chi connectivity index (χ0v) is 9.29. The predicted molar refractivity (Wildman–Crippen MR) is 56.7 cm³/mol. The highest BCUT2D eigenvalue weighted by Gasteiger charge is 2.46. The molecule has 1 aromatic heterocycles. The van der Waals surface area contributed by atoms with Gasteiger partial charge in [0.05, 0.1) is 12.1 Å². The van der Waals surface area contributed by atoms with Crippen LogP contribution in [0.2, 0.25) is 0 Å². The van der Waals surface area contributed by atoms with Crippen molar-refractivity contribution in [2.24, 2.45) is 0 Å². The van der Waals surface area contributed by atoms with E-state index in [1.54, 1.807) is 0 Å². The van der Waals surface area contributed by atoms with Gasteiger partial charge in [-0.25, -0.2) is 4.90 Å². The Morgan fingerprint density at radius 1 is 1.29 bits per heavy atom. The van der Waals surface area contributed by atoms with Crippen LogP contribution in [0.1, 0.15) is 6.42 Å². The van der Waals surface area contributed by atoms with Crippen molar-refractivity contribution in [3.05, 3.63) is 24.5 Å². The third-order valence-electron chi connectivity index (χ3n) is 2.39. The molecule has 1 fully saturated rings. The summed E-state index contributed by atoms with van der Waals surface area (Å²) in [4.78, 5) is 27.7. The maximum absolute atomic E-state index is 11.7.